The number of anilines is 1. The molecule has 1 heterocycles. The molecule has 0 spiro atoms. The van der Waals surface area contributed by atoms with E-state index in [1.807, 2.05) is 31.2 Å². The van der Waals surface area contributed by atoms with Gasteiger partial charge in [-0.2, -0.15) is 0 Å². The third-order valence-corrected chi connectivity index (χ3v) is 5.98. The fourth-order valence-electron chi connectivity index (χ4n) is 3.73. The molecular weight excluding hydrogens is 400 g/mol. The number of benzene rings is 2. The fraction of sp³-hybridized carbons (Fsp3) is 0.458. The summed E-state index contributed by atoms with van der Waals surface area (Å²) in [5.41, 5.74) is 3.15. The van der Waals surface area contributed by atoms with Crippen LogP contribution in [0.3, 0.4) is 0 Å². The molecular formula is C24H31ClN2O3. The number of methoxy groups -OCH3 is 1. The van der Waals surface area contributed by atoms with Crippen LogP contribution in [0.5, 0.6) is 11.5 Å². The number of hydrogen-bond acceptors (Lipinski definition) is 4. The maximum atomic E-state index is 12.4. The zero-order valence-corrected chi connectivity index (χ0v) is 19.0. The first-order valence-electron chi connectivity index (χ1n) is 10.5. The third-order valence-electron chi connectivity index (χ3n) is 5.57. The van der Waals surface area contributed by atoms with Crippen molar-refractivity contribution >= 4 is 23.2 Å². The maximum absolute atomic E-state index is 12.4. The van der Waals surface area contributed by atoms with Gasteiger partial charge in [0.05, 0.1) is 7.11 Å². The lowest BCUT2D eigenvalue weighted by atomic mass is 10.0. The lowest BCUT2D eigenvalue weighted by Crippen LogP contribution is -2.46. The van der Waals surface area contributed by atoms with Crippen LogP contribution in [0.1, 0.15) is 43.7 Å². The lowest BCUT2D eigenvalue weighted by molar-refractivity contribution is -0.123. The summed E-state index contributed by atoms with van der Waals surface area (Å²) in [5.74, 6) is 1.78. The van der Waals surface area contributed by atoms with Gasteiger partial charge in [-0.25, -0.2) is 0 Å². The largest absolute Gasteiger partial charge is 0.497 e. The van der Waals surface area contributed by atoms with Crippen molar-refractivity contribution in [2.45, 2.75) is 45.6 Å². The van der Waals surface area contributed by atoms with Crippen molar-refractivity contribution in [3.05, 3.63) is 52.5 Å². The van der Waals surface area contributed by atoms with Crippen molar-refractivity contribution in [1.29, 1.82) is 0 Å². The average molecular weight is 431 g/mol. The zero-order chi connectivity index (χ0) is 21.7. The summed E-state index contributed by atoms with van der Waals surface area (Å²) in [6, 6.07) is 12.1. The van der Waals surface area contributed by atoms with Crippen molar-refractivity contribution in [2.75, 3.05) is 31.7 Å². The molecule has 1 aliphatic rings. The summed E-state index contributed by atoms with van der Waals surface area (Å²) in [7, 11) is 1.67. The molecule has 162 valence electrons. The van der Waals surface area contributed by atoms with E-state index in [0.717, 1.165) is 53.6 Å². The molecule has 6 heteroatoms. The van der Waals surface area contributed by atoms with Gasteiger partial charge >= 0.3 is 0 Å². The number of halogens is 1. The van der Waals surface area contributed by atoms with E-state index >= 15 is 0 Å². The highest BCUT2D eigenvalue weighted by Crippen LogP contribution is 2.32. The third kappa shape index (κ3) is 5.60. The summed E-state index contributed by atoms with van der Waals surface area (Å²) in [5, 5.41) is 3.84. The molecule has 0 aromatic heterocycles. The minimum absolute atomic E-state index is 0.0134. The highest BCUT2D eigenvalue weighted by atomic mass is 35.5. The number of aryl methyl sites for hydroxylation is 1. The lowest BCUT2D eigenvalue weighted by Gasteiger charge is -2.34. The molecule has 0 radical (unpaired) electrons. The SMILES string of the molecule is COc1ccc(N2CCC(NC(=O)COc3cc(C)c(Cl)cc3C(C)C)CC2)cc1. The molecule has 0 atom stereocenters. The van der Waals surface area contributed by atoms with Crippen molar-refractivity contribution in [2.24, 2.45) is 0 Å². The standard InChI is InChI=1S/C24H31ClN2O3/c1-16(2)21-14-22(25)17(3)13-23(21)30-15-24(28)26-18-9-11-27(12-10-18)19-5-7-20(29-4)8-6-19/h5-8,13-14,16,18H,9-12,15H2,1-4H3,(H,26,28). The van der Waals surface area contributed by atoms with Gasteiger partial charge in [0.25, 0.3) is 5.91 Å². The van der Waals surface area contributed by atoms with E-state index in [9.17, 15) is 4.79 Å². The molecule has 1 saturated heterocycles. The van der Waals surface area contributed by atoms with E-state index in [1.165, 1.54) is 5.69 Å². The predicted molar refractivity (Wildman–Crippen MR) is 122 cm³/mol. The van der Waals surface area contributed by atoms with Crippen LogP contribution in [0.4, 0.5) is 5.69 Å². The minimum Gasteiger partial charge on any atom is -0.497 e. The van der Waals surface area contributed by atoms with Crippen LogP contribution in [-0.2, 0) is 4.79 Å². The average Bonchev–Trinajstić information content (AvgIpc) is 2.74. The molecule has 2 aromatic carbocycles. The van der Waals surface area contributed by atoms with Crippen LogP contribution >= 0.6 is 11.6 Å². The Bertz CT molecular complexity index is 859. The normalized spacial score (nSPS) is 14.7. The van der Waals surface area contributed by atoms with Gasteiger partial charge in [0.15, 0.2) is 6.61 Å². The Morgan fingerprint density at radius 2 is 1.87 bits per heavy atom. The quantitative estimate of drug-likeness (QED) is 0.675. The number of nitrogens with zero attached hydrogens (tertiary/aromatic N) is 1. The first kappa shape index (κ1) is 22.3. The highest BCUT2D eigenvalue weighted by molar-refractivity contribution is 6.31. The molecule has 1 fully saturated rings. The molecule has 0 saturated carbocycles. The van der Waals surface area contributed by atoms with Crippen molar-refractivity contribution in [3.63, 3.8) is 0 Å². The Morgan fingerprint density at radius 3 is 2.47 bits per heavy atom. The topological polar surface area (TPSA) is 50.8 Å². The molecule has 2 aromatic rings. The molecule has 5 nitrogen and oxygen atoms in total. The van der Waals surface area contributed by atoms with Crippen LogP contribution in [0.2, 0.25) is 5.02 Å². The summed E-state index contributed by atoms with van der Waals surface area (Å²) < 4.78 is 11.1. The number of ether oxygens (including phenoxy) is 2. The molecule has 1 N–H and O–H groups in total. The van der Waals surface area contributed by atoms with E-state index in [-0.39, 0.29) is 24.5 Å². The number of amides is 1. The summed E-state index contributed by atoms with van der Waals surface area (Å²) in [4.78, 5) is 14.8. The summed E-state index contributed by atoms with van der Waals surface area (Å²) in [6.45, 7) is 7.95. The molecule has 1 aliphatic heterocycles. The second-order valence-corrected chi connectivity index (χ2v) is 8.52. The molecule has 0 bridgehead atoms. The highest BCUT2D eigenvalue weighted by Gasteiger charge is 2.21. The van der Waals surface area contributed by atoms with Gasteiger partial charge in [-0.15, -0.1) is 0 Å². The van der Waals surface area contributed by atoms with Crippen LogP contribution in [0.15, 0.2) is 36.4 Å². The number of rotatable bonds is 7. The predicted octanol–water partition coefficient (Wildman–Crippen LogP) is 4.94. The van der Waals surface area contributed by atoms with Gasteiger partial charge < -0.3 is 19.7 Å². The van der Waals surface area contributed by atoms with Gasteiger partial charge in [-0.05, 0) is 73.2 Å². The minimum atomic E-state index is -0.0831. The molecule has 0 unspecified atom stereocenters. The number of hydrogen-bond donors (Lipinski definition) is 1. The van der Waals surface area contributed by atoms with Gasteiger partial charge in [0.1, 0.15) is 11.5 Å². The Labute approximate surface area is 184 Å². The van der Waals surface area contributed by atoms with Crippen molar-refractivity contribution in [1.82, 2.24) is 5.32 Å². The fourth-order valence-corrected chi connectivity index (χ4v) is 3.91. The molecule has 1 amide bonds. The number of carbonyl (C=O) groups is 1. The van der Waals surface area contributed by atoms with Crippen LogP contribution in [0, 0.1) is 6.92 Å². The van der Waals surface area contributed by atoms with Crippen LogP contribution in [-0.4, -0.2) is 38.8 Å². The van der Waals surface area contributed by atoms with Gasteiger partial charge in [-0.3, -0.25) is 4.79 Å². The van der Waals surface area contributed by atoms with Crippen molar-refractivity contribution < 1.29 is 14.3 Å². The van der Waals surface area contributed by atoms with E-state index in [2.05, 4.69) is 36.2 Å². The first-order chi connectivity index (χ1) is 14.4. The summed E-state index contributed by atoms with van der Waals surface area (Å²) >= 11 is 6.25. The Hall–Kier alpha value is -2.40. The van der Waals surface area contributed by atoms with E-state index in [4.69, 9.17) is 21.1 Å². The van der Waals surface area contributed by atoms with Crippen LogP contribution < -0.4 is 19.7 Å². The molecule has 3 rings (SSSR count). The summed E-state index contributed by atoms with van der Waals surface area (Å²) in [6.07, 6.45) is 1.82. The second kappa shape index (κ2) is 10.1. The van der Waals surface area contributed by atoms with Gasteiger partial charge in [0.2, 0.25) is 0 Å². The number of piperidine rings is 1. The first-order valence-corrected chi connectivity index (χ1v) is 10.9. The number of carbonyl (C=O) groups excluding carboxylic acids is 1. The van der Waals surface area contributed by atoms with E-state index in [1.54, 1.807) is 7.11 Å². The van der Waals surface area contributed by atoms with E-state index < -0.39 is 0 Å². The van der Waals surface area contributed by atoms with Crippen molar-refractivity contribution in [3.8, 4) is 11.5 Å². The zero-order valence-electron chi connectivity index (χ0n) is 18.2. The molecule has 0 aliphatic carbocycles. The van der Waals surface area contributed by atoms with Gasteiger partial charge in [0, 0.05) is 29.8 Å². The number of nitrogens with one attached hydrogen (secondary N) is 1. The smallest absolute Gasteiger partial charge is 0.258 e. The van der Waals surface area contributed by atoms with Crippen LogP contribution in [0.25, 0.3) is 0 Å². The van der Waals surface area contributed by atoms with Gasteiger partial charge in [-0.1, -0.05) is 25.4 Å². The maximum Gasteiger partial charge on any atom is 0.258 e. The molecule has 30 heavy (non-hydrogen) atoms. The Morgan fingerprint density at radius 1 is 1.20 bits per heavy atom. The van der Waals surface area contributed by atoms with E-state index in [0.29, 0.717) is 0 Å². The second-order valence-electron chi connectivity index (χ2n) is 8.11. The Kier molecular flexibility index (Phi) is 7.48. The monoisotopic (exact) mass is 430 g/mol. The Balaban J connectivity index is 1.49.